The van der Waals surface area contributed by atoms with Crippen LogP contribution >= 0.6 is 0 Å². The zero-order valence-corrected chi connectivity index (χ0v) is 23.6. The van der Waals surface area contributed by atoms with E-state index >= 15 is 0 Å². The zero-order chi connectivity index (χ0) is 28.6. The number of alkyl halides is 1. The lowest BCUT2D eigenvalue weighted by Crippen LogP contribution is -2.31. The number of fused-ring (bicyclic) bond motifs is 1. The summed E-state index contributed by atoms with van der Waals surface area (Å²) in [5.74, 6) is 0.458. The number of benzene rings is 1. The molecule has 1 aromatic carbocycles. The van der Waals surface area contributed by atoms with Crippen LogP contribution in [-0.2, 0) is 16.8 Å². The molecule has 1 saturated heterocycles. The molecule has 5 rings (SSSR count). The molecule has 2 fully saturated rings. The summed E-state index contributed by atoms with van der Waals surface area (Å²) in [6, 6.07) is 7.76. The number of pyridine rings is 1. The van der Waals surface area contributed by atoms with Crippen molar-refractivity contribution in [2.45, 2.75) is 83.3 Å². The lowest BCUT2D eigenvalue weighted by atomic mass is 9.84. The highest BCUT2D eigenvalue weighted by Gasteiger charge is 2.33. The number of ether oxygens (including phenoxy) is 1. The van der Waals surface area contributed by atoms with Crippen LogP contribution in [0.15, 0.2) is 24.3 Å². The molecule has 8 nitrogen and oxygen atoms in total. The first-order chi connectivity index (χ1) is 19.0. The molecule has 0 bridgehead atoms. The Bertz CT molecular complexity index is 1320. The normalized spacial score (nSPS) is 18.8. The number of halogens is 1. The summed E-state index contributed by atoms with van der Waals surface area (Å²) in [6.45, 7) is 7.78. The number of aromatic nitrogens is 1. The standard InChI is InChI=1S/C31H39FN4O4/c1-31(2,3)23-14-21(15-25(35-12-11-22(32)17-35)29(23)40-13-5-4-6-27(38)39)26(37)18-36-16-20-9-10-24(19-7-8-19)34-28(20)30(36)33/h9-10,14-15,19,22,33H,4-8,11-13,16-18H2,1-3H3,(H,38,39). The van der Waals surface area contributed by atoms with Gasteiger partial charge in [-0.1, -0.05) is 26.8 Å². The summed E-state index contributed by atoms with van der Waals surface area (Å²) in [7, 11) is 0. The minimum absolute atomic E-state index is 0.0537. The van der Waals surface area contributed by atoms with E-state index in [0.717, 1.165) is 29.7 Å². The van der Waals surface area contributed by atoms with E-state index in [1.165, 1.54) is 0 Å². The fourth-order valence-corrected chi connectivity index (χ4v) is 5.48. The molecule has 1 aliphatic carbocycles. The lowest BCUT2D eigenvalue weighted by Gasteiger charge is -2.30. The number of Topliss-reactive ketones (excluding diaryl/α,β-unsaturated/α-hetero) is 1. The molecule has 0 amide bonds. The van der Waals surface area contributed by atoms with Crippen molar-refractivity contribution in [3.05, 3.63) is 52.3 Å². The van der Waals surface area contributed by atoms with E-state index in [-0.39, 0.29) is 36.5 Å². The minimum Gasteiger partial charge on any atom is -0.491 e. The highest BCUT2D eigenvalue weighted by molar-refractivity contribution is 6.05. The maximum Gasteiger partial charge on any atom is 0.303 e. The van der Waals surface area contributed by atoms with Crippen LogP contribution < -0.4 is 9.64 Å². The van der Waals surface area contributed by atoms with E-state index in [9.17, 15) is 14.0 Å². The van der Waals surface area contributed by atoms with Gasteiger partial charge in [-0.05, 0) is 55.7 Å². The number of carboxylic acids is 1. The first-order valence-corrected chi connectivity index (χ1v) is 14.3. The van der Waals surface area contributed by atoms with Gasteiger partial charge in [0.2, 0.25) is 0 Å². The van der Waals surface area contributed by atoms with Gasteiger partial charge in [0.15, 0.2) is 5.78 Å². The van der Waals surface area contributed by atoms with Crippen LogP contribution in [0.5, 0.6) is 5.75 Å². The molecule has 1 unspecified atom stereocenters. The number of aliphatic carboxylic acids is 1. The smallest absolute Gasteiger partial charge is 0.303 e. The highest BCUT2D eigenvalue weighted by Crippen LogP contribution is 2.42. The van der Waals surface area contributed by atoms with Crippen molar-refractivity contribution >= 4 is 23.3 Å². The van der Waals surface area contributed by atoms with Gasteiger partial charge in [0, 0.05) is 54.4 Å². The summed E-state index contributed by atoms with van der Waals surface area (Å²) in [5.41, 5.74) is 4.37. The molecule has 2 N–H and O–H groups in total. The van der Waals surface area contributed by atoms with Crippen molar-refractivity contribution in [3.8, 4) is 5.75 Å². The van der Waals surface area contributed by atoms with Crippen LogP contribution in [0.2, 0.25) is 0 Å². The Morgan fingerprint density at radius 1 is 1.18 bits per heavy atom. The monoisotopic (exact) mass is 550 g/mol. The van der Waals surface area contributed by atoms with Crippen molar-refractivity contribution in [1.29, 1.82) is 5.41 Å². The average molecular weight is 551 g/mol. The summed E-state index contributed by atoms with van der Waals surface area (Å²) in [5, 5.41) is 17.7. The fraction of sp³-hybridized carbons (Fsp3) is 0.548. The molecule has 3 heterocycles. The van der Waals surface area contributed by atoms with Crippen LogP contribution in [0.1, 0.15) is 98.1 Å². The number of ketones is 1. The van der Waals surface area contributed by atoms with Crippen LogP contribution in [0.3, 0.4) is 0 Å². The number of anilines is 1. The van der Waals surface area contributed by atoms with Crippen molar-refractivity contribution < 1.29 is 23.8 Å². The lowest BCUT2D eigenvalue weighted by molar-refractivity contribution is -0.137. The first-order valence-electron chi connectivity index (χ1n) is 14.3. The molecule has 9 heteroatoms. The third kappa shape index (κ3) is 6.13. The molecule has 1 saturated carbocycles. The second-order valence-electron chi connectivity index (χ2n) is 12.3. The van der Waals surface area contributed by atoms with Crippen molar-refractivity contribution in [1.82, 2.24) is 9.88 Å². The highest BCUT2D eigenvalue weighted by atomic mass is 19.1. The van der Waals surface area contributed by atoms with E-state index in [0.29, 0.717) is 67.6 Å². The molecule has 3 aliphatic rings. The van der Waals surface area contributed by atoms with Gasteiger partial charge in [-0.15, -0.1) is 0 Å². The number of nitrogens with one attached hydrogen (secondary N) is 1. The van der Waals surface area contributed by atoms with Gasteiger partial charge >= 0.3 is 5.97 Å². The van der Waals surface area contributed by atoms with Crippen molar-refractivity contribution in [3.63, 3.8) is 0 Å². The van der Waals surface area contributed by atoms with Crippen LogP contribution in [0, 0.1) is 5.41 Å². The number of unbranched alkanes of at least 4 members (excludes halogenated alkanes) is 1. The van der Waals surface area contributed by atoms with E-state index in [2.05, 4.69) is 20.8 Å². The molecular formula is C31H39FN4O4. The Labute approximate surface area is 235 Å². The van der Waals surface area contributed by atoms with Gasteiger partial charge in [0.05, 0.1) is 18.8 Å². The molecule has 0 spiro atoms. The number of nitrogens with zero attached hydrogens (tertiary/aromatic N) is 3. The maximum absolute atomic E-state index is 14.3. The molecule has 1 aromatic heterocycles. The predicted molar refractivity (Wildman–Crippen MR) is 152 cm³/mol. The Morgan fingerprint density at radius 2 is 1.95 bits per heavy atom. The Hall–Kier alpha value is -3.49. The van der Waals surface area contributed by atoms with Gasteiger partial charge in [0.1, 0.15) is 23.5 Å². The third-order valence-electron chi connectivity index (χ3n) is 7.93. The third-order valence-corrected chi connectivity index (χ3v) is 7.93. The number of rotatable bonds is 11. The minimum atomic E-state index is -0.947. The SMILES string of the molecule is CC(C)(C)c1cc(C(=O)CN2Cc3ccc(C4CC4)nc3C2=N)cc(N2CCC(F)C2)c1OCCCCC(=O)O. The number of hydrogen-bond donors (Lipinski definition) is 2. The molecular weight excluding hydrogens is 511 g/mol. The first kappa shape index (κ1) is 28.1. The molecule has 1 atom stereocenters. The largest absolute Gasteiger partial charge is 0.491 e. The van der Waals surface area contributed by atoms with E-state index in [1.807, 2.05) is 23.1 Å². The quantitative estimate of drug-likeness (QED) is 0.283. The average Bonchev–Trinajstić information content (AvgIpc) is 3.59. The summed E-state index contributed by atoms with van der Waals surface area (Å²) in [6.07, 6.45) is 2.92. The fourth-order valence-electron chi connectivity index (χ4n) is 5.48. The molecule has 2 aromatic rings. The van der Waals surface area contributed by atoms with Gasteiger partial charge < -0.3 is 19.6 Å². The van der Waals surface area contributed by atoms with E-state index in [1.54, 1.807) is 11.0 Å². The number of carboxylic acid groups (broad SMARTS) is 1. The van der Waals surface area contributed by atoms with Gasteiger partial charge in [0.25, 0.3) is 0 Å². The van der Waals surface area contributed by atoms with E-state index < -0.39 is 12.1 Å². The number of amidine groups is 1. The topological polar surface area (TPSA) is 107 Å². The van der Waals surface area contributed by atoms with Gasteiger partial charge in [-0.2, -0.15) is 0 Å². The predicted octanol–water partition coefficient (Wildman–Crippen LogP) is 5.46. The molecule has 40 heavy (non-hydrogen) atoms. The number of carbonyl (C=O) groups is 2. The Kier molecular flexibility index (Phi) is 7.84. The van der Waals surface area contributed by atoms with Gasteiger partial charge in [-0.25, -0.2) is 9.37 Å². The second kappa shape index (κ2) is 11.2. The van der Waals surface area contributed by atoms with Crippen LogP contribution in [0.4, 0.5) is 10.1 Å². The van der Waals surface area contributed by atoms with Crippen LogP contribution in [0.25, 0.3) is 0 Å². The molecule has 214 valence electrons. The summed E-state index contributed by atoms with van der Waals surface area (Å²) < 4.78 is 20.6. The van der Waals surface area contributed by atoms with Gasteiger partial charge in [-0.3, -0.25) is 15.0 Å². The number of carbonyl (C=O) groups excluding carboxylic acids is 1. The van der Waals surface area contributed by atoms with Crippen molar-refractivity contribution in [2.75, 3.05) is 31.1 Å². The summed E-state index contributed by atoms with van der Waals surface area (Å²) >= 11 is 0. The van der Waals surface area contributed by atoms with Crippen molar-refractivity contribution in [2.24, 2.45) is 0 Å². The van der Waals surface area contributed by atoms with E-state index in [4.69, 9.17) is 20.2 Å². The number of hydrogen-bond acceptors (Lipinski definition) is 6. The Balaban J connectivity index is 1.40. The maximum atomic E-state index is 14.3. The molecule has 2 aliphatic heterocycles. The second-order valence-corrected chi connectivity index (χ2v) is 12.3. The summed E-state index contributed by atoms with van der Waals surface area (Å²) in [4.78, 5) is 33.1. The Morgan fingerprint density at radius 3 is 2.60 bits per heavy atom. The van der Waals surface area contributed by atoms with Crippen LogP contribution in [-0.4, -0.2) is 65.0 Å². The zero-order valence-electron chi connectivity index (χ0n) is 23.6. The molecule has 0 radical (unpaired) electrons.